The number of amides is 1. The Balaban J connectivity index is 1.09. The molecule has 1 amide bonds. The van der Waals surface area contributed by atoms with Gasteiger partial charge in [0.25, 0.3) is 5.91 Å². The zero-order valence-corrected chi connectivity index (χ0v) is 26.4. The number of carbonyl (C=O) groups is 1. The lowest BCUT2D eigenvalue weighted by molar-refractivity contribution is -0.124. The van der Waals surface area contributed by atoms with Crippen molar-refractivity contribution in [2.24, 2.45) is 22.7 Å². The highest BCUT2D eigenvalue weighted by Crippen LogP contribution is 2.60. The molecule has 3 aromatic rings. The number of hydrogen-bond acceptors (Lipinski definition) is 3. The van der Waals surface area contributed by atoms with Crippen molar-refractivity contribution >= 4 is 34.6 Å². The fourth-order valence-electron chi connectivity index (χ4n) is 9.74. The van der Waals surface area contributed by atoms with E-state index in [0.717, 1.165) is 51.9 Å². The van der Waals surface area contributed by atoms with Crippen LogP contribution in [0.1, 0.15) is 93.1 Å². The normalized spacial score (nSPS) is 30.7. The van der Waals surface area contributed by atoms with Gasteiger partial charge in [-0.3, -0.25) is 9.69 Å². The van der Waals surface area contributed by atoms with Crippen molar-refractivity contribution in [1.82, 2.24) is 9.47 Å². The topological polar surface area (TPSA) is 37.6 Å². The van der Waals surface area contributed by atoms with Gasteiger partial charge in [-0.1, -0.05) is 49.6 Å². The summed E-state index contributed by atoms with van der Waals surface area (Å²) in [4.78, 5) is 21.7. The lowest BCUT2D eigenvalue weighted by Crippen LogP contribution is -2.48. The molecule has 1 aliphatic heterocycles. The Hall–Kier alpha value is -3.05. The second-order valence-corrected chi connectivity index (χ2v) is 15.2. The largest absolute Gasteiger partial charge is 0.318 e. The molecule has 0 radical (unpaired) electrons. The lowest BCUT2D eigenvalue weighted by Gasteiger charge is -2.57. The average molecular weight is 590 g/mol. The summed E-state index contributed by atoms with van der Waals surface area (Å²) < 4.78 is 2.36. The molecule has 1 saturated heterocycles. The maximum Gasteiger partial charge on any atom is 0.267 e. The molecule has 0 spiro atoms. The Morgan fingerprint density at radius 2 is 1.51 bits per heavy atom. The van der Waals surface area contributed by atoms with Crippen LogP contribution in [0.3, 0.4) is 0 Å². The van der Waals surface area contributed by atoms with Gasteiger partial charge in [-0.05, 0) is 148 Å². The van der Waals surface area contributed by atoms with Crippen molar-refractivity contribution in [3.63, 3.8) is 0 Å². The number of carbonyl (C=O) groups excluding carboxylic acids is 1. The molecule has 5 aliphatic carbocycles. The SMILES string of the molecule is Cc1cc(/C=C2\SC(=Nc3ccccc3)N(C3CCCCC3)C2=O)c(C)n1-c1ccc(C23CC4CC(CC(C4)C2)C3)cc1. The molecule has 43 heavy (non-hydrogen) atoms. The quantitative estimate of drug-likeness (QED) is 0.278. The van der Waals surface area contributed by atoms with Gasteiger partial charge in [-0.25, -0.2) is 4.99 Å². The van der Waals surface area contributed by atoms with Gasteiger partial charge in [0.1, 0.15) is 0 Å². The van der Waals surface area contributed by atoms with Gasteiger partial charge in [-0.15, -0.1) is 0 Å². The van der Waals surface area contributed by atoms with E-state index in [0.29, 0.717) is 5.41 Å². The van der Waals surface area contributed by atoms with Crippen molar-refractivity contribution in [3.8, 4) is 5.69 Å². The first kappa shape index (κ1) is 27.5. The molecule has 5 saturated carbocycles. The van der Waals surface area contributed by atoms with Crippen molar-refractivity contribution in [2.45, 2.75) is 95.9 Å². The number of nitrogens with zero attached hydrogens (tertiary/aromatic N) is 3. The van der Waals surface area contributed by atoms with Crippen LogP contribution in [0.2, 0.25) is 0 Å². The van der Waals surface area contributed by atoms with E-state index in [-0.39, 0.29) is 11.9 Å². The third-order valence-electron chi connectivity index (χ3n) is 11.3. The molecule has 1 aromatic heterocycles. The summed E-state index contributed by atoms with van der Waals surface area (Å²) in [6.07, 6.45) is 16.5. The molecule has 2 aromatic carbocycles. The summed E-state index contributed by atoms with van der Waals surface area (Å²) in [5, 5.41) is 0.823. The van der Waals surface area contributed by atoms with E-state index >= 15 is 0 Å². The number of aliphatic imine (C=N–C) groups is 1. The predicted octanol–water partition coefficient (Wildman–Crippen LogP) is 9.50. The number of benzene rings is 2. The smallest absolute Gasteiger partial charge is 0.267 e. The summed E-state index contributed by atoms with van der Waals surface area (Å²) in [5.41, 5.74) is 7.60. The van der Waals surface area contributed by atoms with Crippen molar-refractivity contribution < 1.29 is 4.79 Å². The van der Waals surface area contributed by atoms with E-state index in [1.165, 1.54) is 86.6 Å². The molecular formula is C38H43N3OS. The van der Waals surface area contributed by atoms with E-state index < -0.39 is 0 Å². The number of rotatable bonds is 5. The molecule has 2 heterocycles. The summed E-state index contributed by atoms with van der Waals surface area (Å²) in [6.45, 7) is 4.37. The second-order valence-electron chi connectivity index (χ2n) is 14.2. The Labute approximate surface area is 260 Å². The van der Waals surface area contributed by atoms with E-state index in [1.807, 2.05) is 35.2 Å². The van der Waals surface area contributed by atoms with E-state index in [9.17, 15) is 4.79 Å². The second kappa shape index (κ2) is 10.8. The Morgan fingerprint density at radius 3 is 2.16 bits per heavy atom. The molecule has 4 bridgehead atoms. The number of amidine groups is 1. The van der Waals surface area contributed by atoms with Crippen LogP contribution in [0.25, 0.3) is 11.8 Å². The third kappa shape index (κ3) is 4.92. The standard InChI is InChI=1S/C38H43N3OS/c1-25-17-30(21-35-36(42)41(33-11-7-4-8-12-33)37(43-35)39-32-9-5-3-6-10-32)26(2)40(25)34-15-13-31(14-16-34)38-22-27-18-28(23-38)20-29(19-27)24-38/h3,5-6,9-10,13-17,21,27-29,33H,4,7-8,11-12,18-20,22-24H2,1-2H3/b35-21-,39-37?. The van der Waals surface area contributed by atoms with E-state index in [1.54, 1.807) is 5.56 Å². The monoisotopic (exact) mass is 589 g/mol. The van der Waals surface area contributed by atoms with Gasteiger partial charge in [0.2, 0.25) is 0 Å². The molecular weight excluding hydrogens is 547 g/mol. The molecule has 6 aliphatic rings. The first-order chi connectivity index (χ1) is 21.0. The van der Waals surface area contributed by atoms with Crippen LogP contribution in [0, 0.1) is 31.6 Å². The van der Waals surface area contributed by atoms with Gasteiger partial charge in [0, 0.05) is 23.1 Å². The molecule has 5 heteroatoms. The fraction of sp³-hybridized carbons (Fsp3) is 0.474. The number of hydrogen-bond donors (Lipinski definition) is 0. The molecule has 4 nitrogen and oxygen atoms in total. The minimum absolute atomic E-state index is 0.108. The highest BCUT2D eigenvalue weighted by atomic mass is 32.2. The Morgan fingerprint density at radius 1 is 0.860 bits per heavy atom. The zero-order valence-electron chi connectivity index (χ0n) is 25.6. The molecule has 0 unspecified atom stereocenters. The number of thioether (sulfide) groups is 1. The minimum Gasteiger partial charge on any atom is -0.318 e. The number of aromatic nitrogens is 1. The summed E-state index contributed by atoms with van der Waals surface area (Å²) in [6, 6.07) is 22.1. The number of aryl methyl sites for hydroxylation is 1. The summed E-state index contributed by atoms with van der Waals surface area (Å²) >= 11 is 1.54. The van der Waals surface area contributed by atoms with Crippen molar-refractivity contribution in [2.75, 3.05) is 0 Å². The molecule has 9 rings (SSSR count). The van der Waals surface area contributed by atoms with Gasteiger partial charge in [-0.2, -0.15) is 0 Å². The maximum atomic E-state index is 13.9. The van der Waals surface area contributed by atoms with Crippen LogP contribution in [-0.2, 0) is 10.2 Å². The van der Waals surface area contributed by atoms with Crippen LogP contribution in [0.5, 0.6) is 0 Å². The van der Waals surface area contributed by atoms with E-state index in [4.69, 9.17) is 4.99 Å². The van der Waals surface area contributed by atoms with Crippen LogP contribution in [-0.4, -0.2) is 26.6 Å². The molecule has 6 fully saturated rings. The maximum absolute atomic E-state index is 13.9. The minimum atomic E-state index is 0.108. The summed E-state index contributed by atoms with van der Waals surface area (Å²) in [7, 11) is 0. The van der Waals surface area contributed by atoms with Gasteiger partial charge >= 0.3 is 0 Å². The van der Waals surface area contributed by atoms with Gasteiger partial charge in [0.05, 0.1) is 10.6 Å². The predicted molar refractivity (Wildman–Crippen MR) is 178 cm³/mol. The summed E-state index contributed by atoms with van der Waals surface area (Å²) in [5.74, 6) is 2.98. The Kier molecular flexibility index (Phi) is 6.93. The zero-order chi connectivity index (χ0) is 29.1. The Bertz CT molecular complexity index is 1560. The van der Waals surface area contributed by atoms with Crippen LogP contribution < -0.4 is 0 Å². The van der Waals surface area contributed by atoms with Crippen LogP contribution >= 0.6 is 11.8 Å². The van der Waals surface area contributed by atoms with Gasteiger partial charge < -0.3 is 4.57 Å². The fourth-order valence-corrected chi connectivity index (χ4v) is 10.8. The third-order valence-corrected chi connectivity index (χ3v) is 12.3. The van der Waals surface area contributed by atoms with Crippen molar-refractivity contribution in [1.29, 1.82) is 0 Å². The molecule has 222 valence electrons. The average Bonchev–Trinajstić information content (AvgIpc) is 3.46. The molecule has 0 N–H and O–H groups in total. The number of para-hydroxylation sites is 1. The van der Waals surface area contributed by atoms with Gasteiger partial charge in [0.15, 0.2) is 5.17 Å². The first-order valence-corrected chi connectivity index (χ1v) is 17.4. The van der Waals surface area contributed by atoms with Crippen LogP contribution in [0.4, 0.5) is 5.69 Å². The van der Waals surface area contributed by atoms with Crippen molar-refractivity contribution in [3.05, 3.63) is 88.1 Å². The first-order valence-electron chi connectivity index (χ1n) is 16.6. The van der Waals surface area contributed by atoms with Crippen LogP contribution in [0.15, 0.2) is 70.6 Å². The highest BCUT2D eigenvalue weighted by Gasteiger charge is 2.51. The highest BCUT2D eigenvalue weighted by molar-refractivity contribution is 8.18. The lowest BCUT2D eigenvalue weighted by atomic mass is 9.48. The van der Waals surface area contributed by atoms with E-state index in [2.05, 4.69) is 54.8 Å². The molecule has 0 atom stereocenters.